The molecule has 0 saturated heterocycles. The fourth-order valence-corrected chi connectivity index (χ4v) is 3.45. The van der Waals surface area contributed by atoms with Gasteiger partial charge in [-0.15, -0.1) is 0 Å². The molecule has 6 nitrogen and oxygen atoms in total. The molecule has 140 valence electrons. The summed E-state index contributed by atoms with van der Waals surface area (Å²) < 4.78 is 1.92. The van der Waals surface area contributed by atoms with Gasteiger partial charge in [-0.25, -0.2) is 0 Å². The summed E-state index contributed by atoms with van der Waals surface area (Å²) in [6.07, 6.45) is 0.560. The van der Waals surface area contributed by atoms with E-state index in [4.69, 9.17) is 11.6 Å². The monoisotopic (exact) mass is 376 g/mol. The molecular formula is C19H25ClN4O2. The number of fused-ring (bicyclic) bond motifs is 1. The molecule has 1 aliphatic rings. The van der Waals surface area contributed by atoms with Crippen molar-refractivity contribution in [1.29, 1.82) is 0 Å². The van der Waals surface area contributed by atoms with E-state index in [2.05, 4.69) is 5.10 Å². The van der Waals surface area contributed by atoms with Gasteiger partial charge < -0.3 is 14.9 Å². The molecule has 26 heavy (non-hydrogen) atoms. The van der Waals surface area contributed by atoms with Gasteiger partial charge in [0, 0.05) is 24.7 Å². The van der Waals surface area contributed by atoms with Gasteiger partial charge >= 0.3 is 0 Å². The Labute approximate surface area is 159 Å². The van der Waals surface area contributed by atoms with Crippen molar-refractivity contribution in [2.45, 2.75) is 32.0 Å². The number of rotatable bonds is 5. The molecule has 2 aromatic rings. The lowest BCUT2D eigenvalue weighted by Gasteiger charge is -2.20. The smallest absolute Gasteiger partial charge is 0.227 e. The second kappa shape index (κ2) is 8.20. The lowest BCUT2D eigenvalue weighted by atomic mass is 10.1. The second-order valence-electron chi connectivity index (χ2n) is 7.04. The maximum absolute atomic E-state index is 12.7. The molecule has 0 spiro atoms. The Morgan fingerprint density at radius 1 is 1.35 bits per heavy atom. The van der Waals surface area contributed by atoms with Crippen LogP contribution >= 0.6 is 11.6 Å². The van der Waals surface area contributed by atoms with E-state index in [1.54, 1.807) is 6.07 Å². The first-order valence-electron chi connectivity index (χ1n) is 8.84. The maximum Gasteiger partial charge on any atom is 0.227 e. The highest BCUT2D eigenvalue weighted by Gasteiger charge is 2.22. The molecular weight excluding hydrogens is 352 g/mol. The Balaban J connectivity index is 1.70. The molecule has 0 saturated carbocycles. The van der Waals surface area contributed by atoms with E-state index in [-0.39, 0.29) is 5.91 Å². The van der Waals surface area contributed by atoms with Gasteiger partial charge in [0.2, 0.25) is 5.91 Å². The van der Waals surface area contributed by atoms with Crippen molar-refractivity contribution < 1.29 is 9.90 Å². The zero-order valence-corrected chi connectivity index (χ0v) is 16.0. The number of amides is 1. The molecule has 1 aromatic carbocycles. The van der Waals surface area contributed by atoms with Crippen molar-refractivity contribution >= 4 is 17.5 Å². The van der Waals surface area contributed by atoms with E-state index >= 15 is 0 Å². The van der Waals surface area contributed by atoms with E-state index in [0.717, 1.165) is 24.2 Å². The van der Waals surface area contributed by atoms with Gasteiger partial charge in [-0.1, -0.05) is 23.7 Å². The molecule has 0 bridgehead atoms. The molecule has 0 radical (unpaired) electrons. The molecule has 1 atom stereocenters. The van der Waals surface area contributed by atoms with Crippen LogP contribution in [0.3, 0.4) is 0 Å². The number of benzene rings is 1. The van der Waals surface area contributed by atoms with Crippen molar-refractivity contribution in [2.24, 2.45) is 0 Å². The summed E-state index contributed by atoms with van der Waals surface area (Å²) in [5.74, 6) is 0.0808. The number of aliphatic hydroxyl groups excluding tert-OH is 1. The van der Waals surface area contributed by atoms with Crippen molar-refractivity contribution in [3.8, 4) is 0 Å². The van der Waals surface area contributed by atoms with E-state index in [1.165, 1.54) is 0 Å². The highest BCUT2D eigenvalue weighted by Crippen LogP contribution is 2.20. The van der Waals surface area contributed by atoms with Gasteiger partial charge in [0.05, 0.1) is 24.4 Å². The Morgan fingerprint density at radius 3 is 2.88 bits per heavy atom. The third kappa shape index (κ3) is 4.63. The van der Waals surface area contributed by atoms with Gasteiger partial charge in [0.25, 0.3) is 0 Å². The Hall–Kier alpha value is -1.89. The number of hydrogen-bond donors (Lipinski definition) is 1. The van der Waals surface area contributed by atoms with Crippen LogP contribution in [0.2, 0.25) is 5.02 Å². The summed E-state index contributed by atoms with van der Waals surface area (Å²) in [5, 5.41) is 15.5. The van der Waals surface area contributed by atoms with Gasteiger partial charge in [-0.3, -0.25) is 9.48 Å². The van der Waals surface area contributed by atoms with Crippen LogP contribution in [0.5, 0.6) is 0 Å². The minimum Gasteiger partial charge on any atom is -0.385 e. The minimum absolute atomic E-state index is 0.0808. The third-order valence-electron chi connectivity index (χ3n) is 4.51. The number of likely N-dealkylation sites (N-methyl/N-ethyl adjacent to an activating group) is 1. The summed E-state index contributed by atoms with van der Waals surface area (Å²) in [7, 11) is 3.83. The summed E-state index contributed by atoms with van der Waals surface area (Å²) in [4.78, 5) is 16.5. The van der Waals surface area contributed by atoms with E-state index < -0.39 is 6.10 Å². The van der Waals surface area contributed by atoms with Gasteiger partial charge in [-0.05, 0) is 44.3 Å². The van der Waals surface area contributed by atoms with Gasteiger partial charge in [0.1, 0.15) is 6.10 Å². The van der Waals surface area contributed by atoms with Crippen LogP contribution in [0.4, 0.5) is 0 Å². The fraction of sp³-hybridized carbons (Fsp3) is 0.474. The second-order valence-corrected chi connectivity index (χ2v) is 7.47. The minimum atomic E-state index is -0.625. The summed E-state index contributed by atoms with van der Waals surface area (Å²) in [5.41, 5.74) is 2.55. The average Bonchev–Trinajstić information content (AvgIpc) is 2.86. The topological polar surface area (TPSA) is 61.6 Å². The van der Waals surface area contributed by atoms with Crippen LogP contribution in [-0.4, -0.2) is 57.8 Å². The van der Waals surface area contributed by atoms with Crippen molar-refractivity contribution in [3.63, 3.8) is 0 Å². The number of aliphatic hydroxyl groups is 1. The molecule has 7 heteroatoms. The number of carbonyl (C=O) groups excluding carboxylic acids is 1. The predicted molar refractivity (Wildman–Crippen MR) is 101 cm³/mol. The van der Waals surface area contributed by atoms with Crippen molar-refractivity contribution in [3.05, 3.63) is 52.3 Å². The van der Waals surface area contributed by atoms with E-state index in [9.17, 15) is 9.90 Å². The maximum atomic E-state index is 12.7. The number of hydrogen-bond acceptors (Lipinski definition) is 4. The Morgan fingerprint density at radius 2 is 2.15 bits per heavy atom. The summed E-state index contributed by atoms with van der Waals surface area (Å²) in [6.45, 7) is 2.50. The van der Waals surface area contributed by atoms with Crippen LogP contribution in [-0.2, 0) is 24.3 Å². The highest BCUT2D eigenvalue weighted by atomic mass is 35.5. The average molecular weight is 377 g/mol. The molecule has 2 heterocycles. The fourth-order valence-electron chi connectivity index (χ4n) is 3.23. The zero-order chi connectivity index (χ0) is 18.7. The normalized spacial score (nSPS) is 15.7. The quantitative estimate of drug-likeness (QED) is 0.868. The molecule has 1 aromatic heterocycles. The molecule has 1 N–H and O–H groups in total. The number of aromatic nitrogens is 2. The third-order valence-corrected chi connectivity index (χ3v) is 4.74. The van der Waals surface area contributed by atoms with Crippen LogP contribution in [0.1, 0.15) is 29.5 Å². The number of nitrogens with zero attached hydrogens (tertiary/aromatic N) is 4. The first-order chi connectivity index (χ1) is 12.4. The number of halogens is 1. The van der Waals surface area contributed by atoms with Crippen LogP contribution in [0.25, 0.3) is 0 Å². The number of carbonyl (C=O) groups is 1. The van der Waals surface area contributed by atoms with Crippen LogP contribution < -0.4 is 0 Å². The molecule has 1 aliphatic heterocycles. The summed E-state index contributed by atoms with van der Waals surface area (Å²) >= 11 is 6.01. The largest absolute Gasteiger partial charge is 0.385 e. The van der Waals surface area contributed by atoms with Crippen molar-refractivity contribution in [2.75, 3.05) is 27.2 Å². The van der Waals surface area contributed by atoms with Gasteiger partial charge in [-0.2, -0.15) is 5.10 Å². The zero-order valence-electron chi connectivity index (χ0n) is 15.2. The molecule has 1 amide bonds. The molecule has 0 unspecified atom stereocenters. The predicted octanol–water partition coefficient (Wildman–Crippen LogP) is 2.11. The Bertz CT molecular complexity index is 775. The lowest BCUT2D eigenvalue weighted by molar-refractivity contribution is -0.131. The summed E-state index contributed by atoms with van der Waals surface area (Å²) in [6, 6.07) is 9.33. The van der Waals surface area contributed by atoms with Crippen molar-refractivity contribution in [1.82, 2.24) is 19.6 Å². The van der Waals surface area contributed by atoms with Crippen LogP contribution in [0, 0.1) is 0 Å². The first kappa shape index (κ1) is 18.9. The van der Waals surface area contributed by atoms with Crippen LogP contribution in [0.15, 0.2) is 30.3 Å². The SMILES string of the molecule is CN(C)C[C@H](O)c1cc2n(n1)CCCN(C(=O)Cc1cccc(Cl)c1)C2. The highest BCUT2D eigenvalue weighted by molar-refractivity contribution is 6.30. The molecule has 0 aliphatic carbocycles. The number of aryl methyl sites for hydroxylation is 1. The molecule has 3 rings (SSSR count). The van der Waals surface area contributed by atoms with E-state index in [1.807, 2.05) is 52.8 Å². The first-order valence-corrected chi connectivity index (χ1v) is 9.22. The van der Waals surface area contributed by atoms with E-state index in [0.29, 0.717) is 36.8 Å². The Kier molecular flexibility index (Phi) is 5.96. The lowest BCUT2D eigenvalue weighted by Crippen LogP contribution is -2.32. The van der Waals surface area contributed by atoms with Gasteiger partial charge in [0.15, 0.2) is 0 Å². The standard InChI is InChI=1S/C19H25ClN4O2/c1-22(2)13-18(25)17-11-16-12-23(7-4-8-24(16)21-17)19(26)10-14-5-3-6-15(20)9-14/h3,5-6,9,11,18,25H,4,7-8,10,12-13H2,1-2H3/t18-/m0/s1. The molecule has 0 fully saturated rings.